The summed E-state index contributed by atoms with van der Waals surface area (Å²) in [5.41, 5.74) is 1.41. The van der Waals surface area contributed by atoms with Crippen LogP contribution >= 0.6 is 0 Å². The van der Waals surface area contributed by atoms with Crippen LogP contribution in [0.25, 0.3) is 0 Å². The molecule has 0 radical (unpaired) electrons. The number of phenols is 1. The molecule has 1 heterocycles. The van der Waals surface area contributed by atoms with E-state index < -0.39 is 0 Å². The second-order valence-corrected chi connectivity index (χ2v) is 5.54. The molecule has 110 valence electrons. The van der Waals surface area contributed by atoms with Crippen LogP contribution in [0.5, 0.6) is 5.75 Å². The minimum Gasteiger partial charge on any atom is -0.507 e. The van der Waals surface area contributed by atoms with Gasteiger partial charge in [0.05, 0.1) is 5.56 Å². The first-order chi connectivity index (χ1) is 9.61. The number of aromatic hydroxyl groups is 1. The summed E-state index contributed by atoms with van der Waals surface area (Å²) in [5.74, 6) is 0.0203. The molecule has 20 heavy (non-hydrogen) atoms. The summed E-state index contributed by atoms with van der Waals surface area (Å²) in [6, 6.07) is 5.69. The number of carbonyl (C=O) groups is 1. The minimum absolute atomic E-state index is 0.0554. The third kappa shape index (κ3) is 3.51. The maximum Gasteiger partial charge on any atom is 0.257 e. The van der Waals surface area contributed by atoms with Crippen molar-refractivity contribution in [3.05, 3.63) is 29.3 Å². The number of nitrogens with one attached hydrogen (secondary N) is 1. The number of nitrogens with zero attached hydrogens (tertiary/aromatic N) is 1. The first kappa shape index (κ1) is 14.9. The Balaban J connectivity index is 1.96. The molecule has 1 aromatic carbocycles. The number of carbonyl (C=O) groups excluding carboxylic acids is 1. The summed E-state index contributed by atoms with van der Waals surface area (Å²) in [4.78, 5) is 14.3. The highest BCUT2D eigenvalue weighted by molar-refractivity contribution is 5.97. The smallest absolute Gasteiger partial charge is 0.257 e. The average Bonchev–Trinajstić information content (AvgIpc) is 2.47. The number of piperidine rings is 1. The van der Waals surface area contributed by atoms with Gasteiger partial charge in [-0.25, -0.2) is 0 Å². The third-order valence-electron chi connectivity index (χ3n) is 3.85. The second-order valence-electron chi connectivity index (χ2n) is 5.54. The fourth-order valence-corrected chi connectivity index (χ4v) is 2.63. The summed E-state index contributed by atoms with van der Waals surface area (Å²) >= 11 is 0. The fourth-order valence-electron chi connectivity index (χ4n) is 2.63. The van der Waals surface area contributed by atoms with Crippen LogP contribution in [0.4, 0.5) is 0 Å². The lowest BCUT2D eigenvalue weighted by molar-refractivity contribution is 0.0702. The zero-order chi connectivity index (χ0) is 14.5. The molecule has 1 saturated heterocycles. The van der Waals surface area contributed by atoms with E-state index in [1.54, 1.807) is 12.1 Å². The van der Waals surface area contributed by atoms with Crippen molar-refractivity contribution >= 4 is 5.91 Å². The molecule has 4 nitrogen and oxygen atoms in total. The van der Waals surface area contributed by atoms with Crippen LogP contribution in [0.3, 0.4) is 0 Å². The van der Waals surface area contributed by atoms with Gasteiger partial charge in [-0.15, -0.1) is 0 Å². The van der Waals surface area contributed by atoms with Crippen molar-refractivity contribution in [2.24, 2.45) is 0 Å². The van der Waals surface area contributed by atoms with E-state index in [1.807, 2.05) is 17.9 Å². The lowest BCUT2D eigenvalue weighted by atomic mass is 10.0. The van der Waals surface area contributed by atoms with Crippen molar-refractivity contribution in [1.29, 1.82) is 0 Å². The van der Waals surface area contributed by atoms with Gasteiger partial charge in [0.15, 0.2) is 0 Å². The van der Waals surface area contributed by atoms with Gasteiger partial charge in [-0.3, -0.25) is 4.79 Å². The number of hydrogen-bond donors (Lipinski definition) is 2. The zero-order valence-corrected chi connectivity index (χ0v) is 12.4. The van der Waals surface area contributed by atoms with E-state index in [0.29, 0.717) is 11.6 Å². The van der Waals surface area contributed by atoms with E-state index in [9.17, 15) is 9.90 Å². The molecule has 1 fully saturated rings. The molecule has 0 aromatic heterocycles. The van der Waals surface area contributed by atoms with E-state index in [1.165, 1.54) is 0 Å². The molecule has 0 unspecified atom stereocenters. The highest BCUT2D eigenvalue weighted by atomic mass is 16.3. The third-order valence-corrected chi connectivity index (χ3v) is 3.85. The molecule has 0 saturated carbocycles. The van der Waals surface area contributed by atoms with Gasteiger partial charge in [-0.2, -0.15) is 0 Å². The Morgan fingerprint density at radius 2 is 2.10 bits per heavy atom. The van der Waals surface area contributed by atoms with E-state index in [0.717, 1.165) is 44.5 Å². The van der Waals surface area contributed by atoms with Crippen molar-refractivity contribution in [1.82, 2.24) is 10.2 Å². The normalized spacial score (nSPS) is 16.4. The summed E-state index contributed by atoms with van der Waals surface area (Å²) in [6.07, 6.45) is 3.10. The predicted octanol–water partition coefficient (Wildman–Crippen LogP) is 2.30. The van der Waals surface area contributed by atoms with Crippen LogP contribution in [-0.4, -0.2) is 41.6 Å². The van der Waals surface area contributed by atoms with Gasteiger partial charge in [0.1, 0.15) is 5.75 Å². The molecule has 2 N–H and O–H groups in total. The highest BCUT2D eigenvalue weighted by Gasteiger charge is 2.24. The number of amides is 1. The maximum atomic E-state index is 12.4. The highest BCUT2D eigenvalue weighted by Crippen LogP contribution is 2.22. The van der Waals surface area contributed by atoms with E-state index in [-0.39, 0.29) is 11.7 Å². The second kappa shape index (κ2) is 6.75. The number of benzene rings is 1. The van der Waals surface area contributed by atoms with Gasteiger partial charge in [0, 0.05) is 19.1 Å². The van der Waals surface area contributed by atoms with E-state index in [2.05, 4.69) is 12.2 Å². The van der Waals surface area contributed by atoms with Gasteiger partial charge in [-0.05, 0) is 44.9 Å². The molecule has 1 aromatic rings. The molecule has 1 amide bonds. The molecular weight excluding hydrogens is 252 g/mol. The Hall–Kier alpha value is -1.55. The topological polar surface area (TPSA) is 52.6 Å². The Bertz CT molecular complexity index is 466. The number of rotatable bonds is 4. The zero-order valence-electron chi connectivity index (χ0n) is 12.4. The van der Waals surface area contributed by atoms with Gasteiger partial charge < -0.3 is 15.3 Å². The average molecular weight is 276 g/mol. The lowest BCUT2D eigenvalue weighted by Gasteiger charge is -2.32. The Morgan fingerprint density at radius 1 is 1.40 bits per heavy atom. The van der Waals surface area contributed by atoms with Crippen LogP contribution in [-0.2, 0) is 0 Å². The Kier molecular flexibility index (Phi) is 5.01. The van der Waals surface area contributed by atoms with Crippen molar-refractivity contribution in [2.75, 3.05) is 19.6 Å². The summed E-state index contributed by atoms with van der Waals surface area (Å²) in [6.45, 7) is 6.64. The SMILES string of the molecule is CCCNC1CCN(C(=O)c2cc(C)ccc2O)CC1. The fraction of sp³-hybridized carbons (Fsp3) is 0.562. The molecule has 4 heteroatoms. The number of hydrogen-bond acceptors (Lipinski definition) is 3. The van der Waals surface area contributed by atoms with Crippen molar-refractivity contribution in [3.63, 3.8) is 0 Å². The molecule has 0 aliphatic carbocycles. The summed E-state index contributed by atoms with van der Waals surface area (Å²) in [5, 5.41) is 13.3. The van der Waals surface area contributed by atoms with Gasteiger partial charge in [0.2, 0.25) is 0 Å². The lowest BCUT2D eigenvalue weighted by Crippen LogP contribution is -2.45. The molecular formula is C16H24N2O2. The standard InChI is InChI=1S/C16H24N2O2/c1-3-8-17-13-6-9-18(10-7-13)16(20)14-11-12(2)4-5-15(14)19/h4-5,11,13,17,19H,3,6-10H2,1-2H3. The van der Waals surface area contributed by atoms with E-state index >= 15 is 0 Å². The van der Waals surface area contributed by atoms with Crippen LogP contribution in [0.2, 0.25) is 0 Å². The monoisotopic (exact) mass is 276 g/mol. The first-order valence-corrected chi connectivity index (χ1v) is 7.44. The maximum absolute atomic E-state index is 12.4. The Labute approximate surface area is 120 Å². The predicted molar refractivity (Wildman–Crippen MR) is 80.1 cm³/mol. The van der Waals surface area contributed by atoms with Crippen LogP contribution in [0.1, 0.15) is 42.1 Å². The summed E-state index contributed by atoms with van der Waals surface area (Å²) in [7, 11) is 0. The quantitative estimate of drug-likeness (QED) is 0.887. The minimum atomic E-state index is -0.0554. The molecule has 0 spiro atoms. The van der Waals surface area contributed by atoms with Gasteiger partial charge >= 0.3 is 0 Å². The Morgan fingerprint density at radius 3 is 2.75 bits per heavy atom. The van der Waals surface area contributed by atoms with Crippen LogP contribution in [0, 0.1) is 6.92 Å². The first-order valence-electron chi connectivity index (χ1n) is 7.44. The number of aryl methyl sites for hydroxylation is 1. The number of likely N-dealkylation sites (tertiary alicyclic amines) is 1. The van der Waals surface area contributed by atoms with Crippen LogP contribution in [0.15, 0.2) is 18.2 Å². The molecule has 0 bridgehead atoms. The van der Waals surface area contributed by atoms with Crippen LogP contribution < -0.4 is 5.32 Å². The van der Waals surface area contributed by atoms with Crippen molar-refractivity contribution < 1.29 is 9.90 Å². The summed E-state index contributed by atoms with van der Waals surface area (Å²) < 4.78 is 0. The molecule has 2 rings (SSSR count). The van der Waals surface area contributed by atoms with Gasteiger partial charge in [0.25, 0.3) is 5.91 Å². The van der Waals surface area contributed by atoms with Crippen molar-refractivity contribution in [3.8, 4) is 5.75 Å². The molecule has 1 aliphatic rings. The van der Waals surface area contributed by atoms with Gasteiger partial charge in [-0.1, -0.05) is 18.6 Å². The number of phenolic OH excluding ortho intramolecular Hbond substituents is 1. The van der Waals surface area contributed by atoms with Crippen molar-refractivity contribution in [2.45, 2.75) is 39.2 Å². The largest absolute Gasteiger partial charge is 0.507 e. The van der Waals surface area contributed by atoms with E-state index in [4.69, 9.17) is 0 Å². The molecule has 0 atom stereocenters. The molecule has 1 aliphatic heterocycles.